The first-order valence-electron chi connectivity index (χ1n) is 10.2. The molecule has 0 radical (unpaired) electrons. The van der Waals surface area contributed by atoms with E-state index in [0.29, 0.717) is 6.61 Å². The minimum Gasteiger partial charge on any atom is -0.507 e. The molecule has 29 heavy (non-hydrogen) atoms. The molecule has 152 valence electrons. The van der Waals surface area contributed by atoms with Gasteiger partial charge in [0.25, 0.3) is 0 Å². The molecule has 0 amide bonds. The van der Waals surface area contributed by atoms with E-state index in [9.17, 15) is 5.11 Å². The summed E-state index contributed by atoms with van der Waals surface area (Å²) in [6, 6.07) is 8.16. The van der Waals surface area contributed by atoms with E-state index in [1.165, 1.54) is 0 Å². The van der Waals surface area contributed by atoms with E-state index in [-0.39, 0.29) is 17.4 Å². The zero-order valence-electron chi connectivity index (χ0n) is 16.8. The third kappa shape index (κ3) is 3.47. The van der Waals surface area contributed by atoms with Crippen molar-refractivity contribution >= 4 is 27.2 Å². The summed E-state index contributed by atoms with van der Waals surface area (Å²) in [5.74, 6) is 1.04. The van der Waals surface area contributed by atoms with Crippen LogP contribution in [0.1, 0.15) is 24.8 Å². The van der Waals surface area contributed by atoms with Gasteiger partial charge in [0.2, 0.25) is 0 Å². The number of thiophene rings is 1. The Kier molecular flexibility index (Phi) is 4.69. The molecule has 2 aromatic heterocycles. The number of aromatic nitrogens is 2. The summed E-state index contributed by atoms with van der Waals surface area (Å²) in [5, 5.41) is 25.9. The molecule has 5 rings (SSSR count). The monoisotopic (exact) mass is 410 g/mol. The Morgan fingerprint density at radius 1 is 1.24 bits per heavy atom. The summed E-state index contributed by atoms with van der Waals surface area (Å²) in [4.78, 5) is 2.37. The smallest absolute Gasteiger partial charge is 0.149 e. The number of phenolic OH excluding ortho intramolecular Hbond substituents is 1. The predicted octanol–water partition coefficient (Wildman–Crippen LogP) is 4.04. The molecule has 6 nitrogen and oxygen atoms in total. The number of likely N-dealkylation sites (tertiary alicyclic amines) is 1. The minimum atomic E-state index is 0.0221. The van der Waals surface area contributed by atoms with Gasteiger partial charge in [-0.25, -0.2) is 0 Å². The Labute approximate surface area is 174 Å². The van der Waals surface area contributed by atoms with Gasteiger partial charge in [-0.3, -0.25) is 0 Å². The van der Waals surface area contributed by atoms with Crippen LogP contribution in [0, 0.1) is 6.92 Å². The average molecular weight is 411 g/mol. The molecule has 4 heterocycles. The number of nitrogens with zero attached hydrogens (tertiary/aromatic N) is 3. The van der Waals surface area contributed by atoms with Crippen LogP contribution in [0.3, 0.4) is 0 Å². The maximum Gasteiger partial charge on any atom is 0.149 e. The van der Waals surface area contributed by atoms with Gasteiger partial charge in [0.1, 0.15) is 11.6 Å². The van der Waals surface area contributed by atoms with E-state index >= 15 is 0 Å². The normalized spacial score (nSPS) is 21.8. The molecule has 0 aliphatic carbocycles. The molecule has 7 heteroatoms. The molecular formula is C22H26N4O2S. The van der Waals surface area contributed by atoms with Gasteiger partial charge in [0.15, 0.2) is 0 Å². The van der Waals surface area contributed by atoms with Crippen LogP contribution < -0.4 is 5.32 Å². The second-order valence-electron chi connectivity index (χ2n) is 8.40. The van der Waals surface area contributed by atoms with Crippen molar-refractivity contribution in [3.63, 3.8) is 0 Å². The Balaban J connectivity index is 1.33. The van der Waals surface area contributed by atoms with E-state index in [0.717, 1.165) is 65.1 Å². The lowest BCUT2D eigenvalue weighted by atomic mass is 9.87. The summed E-state index contributed by atoms with van der Waals surface area (Å²) in [6.45, 7) is 4.91. The van der Waals surface area contributed by atoms with Crippen molar-refractivity contribution in [1.82, 2.24) is 15.1 Å². The third-order valence-corrected chi connectivity index (χ3v) is 7.19. The van der Waals surface area contributed by atoms with Gasteiger partial charge in [0.05, 0.1) is 23.9 Å². The quantitative estimate of drug-likeness (QED) is 0.679. The van der Waals surface area contributed by atoms with Gasteiger partial charge in [-0.05, 0) is 68.4 Å². The van der Waals surface area contributed by atoms with Crippen molar-refractivity contribution in [3.05, 3.63) is 35.2 Å². The number of aromatic hydroxyl groups is 1. The Morgan fingerprint density at radius 2 is 2.07 bits per heavy atom. The van der Waals surface area contributed by atoms with Crippen molar-refractivity contribution in [2.45, 2.75) is 37.8 Å². The molecule has 2 aliphatic rings. The van der Waals surface area contributed by atoms with E-state index in [1.54, 1.807) is 11.3 Å². The van der Waals surface area contributed by atoms with Gasteiger partial charge < -0.3 is 20.1 Å². The summed E-state index contributed by atoms with van der Waals surface area (Å²) in [6.07, 6.45) is 3.20. The molecule has 2 aliphatic heterocycles. The fourth-order valence-electron chi connectivity index (χ4n) is 4.56. The lowest BCUT2D eigenvalue weighted by molar-refractivity contribution is -0.0391. The first kappa shape index (κ1) is 18.8. The zero-order chi connectivity index (χ0) is 20.0. The predicted molar refractivity (Wildman–Crippen MR) is 117 cm³/mol. The number of ether oxygens (including phenoxy) is 1. The highest BCUT2D eigenvalue weighted by Crippen LogP contribution is 2.39. The number of phenols is 1. The highest BCUT2D eigenvalue weighted by molar-refractivity contribution is 7.17. The van der Waals surface area contributed by atoms with Crippen LogP contribution >= 0.6 is 11.3 Å². The molecule has 1 atom stereocenters. The lowest BCUT2D eigenvalue weighted by Crippen LogP contribution is -2.42. The average Bonchev–Trinajstić information content (AvgIpc) is 3.34. The number of rotatable bonds is 3. The van der Waals surface area contributed by atoms with Crippen LogP contribution in [0.4, 0.5) is 5.82 Å². The summed E-state index contributed by atoms with van der Waals surface area (Å²) in [7, 11) is 2.17. The molecule has 1 spiro atoms. The van der Waals surface area contributed by atoms with Crippen molar-refractivity contribution in [2.75, 3.05) is 32.1 Å². The maximum absolute atomic E-state index is 10.7. The molecule has 1 aromatic carbocycles. The largest absolute Gasteiger partial charge is 0.507 e. The minimum absolute atomic E-state index is 0.0221. The number of anilines is 1. The standard InChI is InChI=1S/C22H26N4O2S/c1-14-11-19(23-15-12-22(28-13-15)6-8-26(2)9-7-22)24-25-20(14)17-3-4-18-16(21(17)27)5-10-29-18/h3-5,10-11,15,27H,6-9,12-13H2,1-2H3,(H,23,24)/t15-/m0/s1. The fraction of sp³-hybridized carbons (Fsp3) is 0.455. The topological polar surface area (TPSA) is 70.5 Å². The first-order valence-corrected chi connectivity index (χ1v) is 11.0. The molecule has 3 aromatic rings. The van der Waals surface area contributed by atoms with Crippen LogP contribution in [0.25, 0.3) is 21.3 Å². The number of hydrogen-bond acceptors (Lipinski definition) is 7. The van der Waals surface area contributed by atoms with E-state index in [4.69, 9.17) is 4.74 Å². The fourth-order valence-corrected chi connectivity index (χ4v) is 5.35. The zero-order valence-corrected chi connectivity index (χ0v) is 17.6. The number of benzene rings is 1. The summed E-state index contributed by atoms with van der Waals surface area (Å²) in [5.41, 5.74) is 2.45. The summed E-state index contributed by atoms with van der Waals surface area (Å²) >= 11 is 1.62. The molecule has 0 saturated carbocycles. The van der Waals surface area contributed by atoms with Crippen molar-refractivity contribution in [3.8, 4) is 17.0 Å². The number of hydrogen-bond donors (Lipinski definition) is 2. The van der Waals surface area contributed by atoms with Gasteiger partial charge in [-0.2, -0.15) is 0 Å². The third-order valence-electron chi connectivity index (χ3n) is 6.31. The van der Waals surface area contributed by atoms with Crippen molar-refractivity contribution < 1.29 is 9.84 Å². The number of nitrogens with one attached hydrogen (secondary N) is 1. The number of piperidine rings is 1. The van der Waals surface area contributed by atoms with E-state index in [1.807, 2.05) is 36.6 Å². The van der Waals surface area contributed by atoms with Crippen LogP contribution in [0.5, 0.6) is 5.75 Å². The number of fused-ring (bicyclic) bond motifs is 1. The second kappa shape index (κ2) is 7.23. The van der Waals surface area contributed by atoms with Crippen LogP contribution in [-0.4, -0.2) is 58.6 Å². The van der Waals surface area contributed by atoms with E-state index < -0.39 is 0 Å². The van der Waals surface area contributed by atoms with Gasteiger partial charge in [0, 0.05) is 28.7 Å². The Hall–Kier alpha value is -2.22. The number of aryl methyl sites for hydroxylation is 1. The van der Waals surface area contributed by atoms with Crippen LogP contribution in [-0.2, 0) is 4.74 Å². The molecule has 0 unspecified atom stereocenters. The highest BCUT2D eigenvalue weighted by atomic mass is 32.1. The molecule has 0 bridgehead atoms. The highest BCUT2D eigenvalue weighted by Gasteiger charge is 2.42. The van der Waals surface area contributed by atoms with Crippen molar-refractivity contribution in [2.24, 2.45) is 0 Å². The SMILES string of the molecule is Cc1cc(N[C@@H]2COC3(CCN(C)CC3)C2)nnc1-c1ccc2sccc2c1O. The first-order chi connectivity index (χ1) is 14.0. The van der Waals surface area contributed by atoms with Crippen LogP contribution in [0.2, 0.25) is 0 Å². The maximum atomic E-state index is 10.7. The lowest BCUT2D eigenvalue weighted by Gasteiger charge is -2.36. The molecule has 2 N–H and O–H groups in total. The Bertz CT molecular complexity index is 1040. The second-order valence-corrected chi connectivity index (χ2v) is 9.35. The van der Waals surface area contributed by atoms with Gasteiger partial charge in [-0.15, -0.1) is 21.5 Å². The van der Waals surface area contributed by atoms with Gasteiger partial charge in [-0.1, -0.05) is 0 Å². The molecule has 2 saturated heterocycles. The van der Waals surface area contributed by atoms with Crippen molar-refractivity contribution in [1.29, 1.82) is 0 Å². The van der Waals surface area contributed by atoms with E-state index in [2.05, 4.69) is 27.5 Å². The van der Waals surface area contributed by atoms with Gasteiger partial charge >= 0.3 is 0 Å². The Morgan fingerprint density at radius 3 is 2.86 bits per heavy atom. The van der Waals surface area contributed by atoms with Crippen LogP contribution in [0.15, 0.2) is 29.6 Å². The molecule has 2 fully saturated rings. The molecular weight excluding hydrogens is 384 g/mol. The summed E-state index contributed by atoms with van der Waals surface area (Å²) < 4.78 is 7.29.